The second-order valence-corrected chi connectivity index (χ2v) is 6.85. The minimum Gasteiger partial charge on any atom is -0.493 e. The number of nitrogens with one attached hydrogen (secondary N) is 1. The highest BCUT2D eigenvalue weighted by atomic mass is 32.1. The monoisotopic (exact) mass is 382 g/mol. The smallest absolute Gasteiger partial charge is 0.230 e. The van der Waals surface area contributed by atoms with Gasteiger partial charge in [0.15, 0.2) is 11.5 Å². The molecule has 2 aromatic carbocycles. The number of hydrogen-bond acceptors (Lipinski definition) is 5. The molecule has 0 saturated carbocycles. The number of aryl methyl sites for hydroxylation is 1. The van der Waals surface area contributed by atoms with E-state index < -0.39 is 0 Å². The largest absolute Gasteiger partial charge is 0.493 e. The SMILES string of the molecule is CCc1cccc(NC(=O)Cc2csc(-c3ccc(OC)c(OC)c3)n2)c1. The molecule has 27 heavy (non-hydrogen) atoms. The molecule has 3 aromatic rings. The van der Waals surface area contributed by atoms with Crippen LogP contribution in [-0.2, 0) is 17.6 Å². The summed E-state index contributed by atoms with van der Waals surface area (Å²) in [4.78, 5) is 16.9. The van der Waals surface area contributed by atoms with Crippen molar-refractivity contribution in [2.45, 2.75) is 19.8 Å². The van der Waals surface area contributed by atoms with Gasteiger partial charge in [0, 0.05) is 16.6 Å². The number of amides is 1. The van der Waals surface area contributed by atoms with Crippen molar-refractivity contribution < 1.29 is 14.3 Å². The molecular formula is C21H22N2O3S. The lowest BCUT2D eigenvalue weighted by Crippen LogP contribution is -2.14. The lowest BCUT2D eigenvalue weighted by molar-refractivity contribution is -0.115. The molecule has 1 heterocycles. The average Bonchev–Trinajstić information content (AvgIpc) is 3.15. The van der Waals surface area contributed by atoms with Crippen LogP contribution in [0, 0.1) is 0 Å². The molecular weight excluding hydrogens is 360 g/mol. The second-order valence-electron chi connectivity index (χ2n) is 5.99. The van der Waals surface area contributed by atoms with E-state index in [4.69, 9.17) is 9.47 Å². The van der Waals surface area contributed by atoms with Crippen LogP contribution in [0.2, 0.25) is 0 Å². The average molecular weight is 382 g/mol. The molecule has 0 saturated heterocycles. The molecule has 1 N–H and O–H groups in total. The molecule has 0 unspecified atom stereocenters. The first-order chi connectivity index (χ1) is 13.1. The van der Waals surface area contributed by atoms with Crippen molar-refractivity contribution in [2.75, 3.05) is 19.5 Å². The quantitative estimate of drug-likeness (QED) is 0.650. The fourth-order valence-corrected chi connectivity index (χ4v) is 3.55. The predicted molar refractivity (Wildman–Crippen MR) is 109 cm³/mol. The highest BCUT2D eigenvalue weighted by Gasteiger charge is 2.12. The molecule has 0 bridgehead atoms. The molecule has 140 valence electrons. The van der Waals surface area contributed by atoms with Gasteiger partial charge in [-0.15, -0.1) is 11.3 Å². The molecule has 3 rings (SSSR count). The third-order valence-corrected chi connectivity index (χ3v) is 5.08. The molecule has 0 atom stereocenters. The Balaban J connectivity index is 1.69. The lowest BCUT2D eigenvalue weighted by Gasteiger charge is -2.08. The van der Waals surface area contributed by atoms with Gasteiger partial charge < -0.3 is 14.8 Å². The van der Waals surface area contributed by atoms with E-state index in [0.29, 0.717) is 11.5 Å². The van der Waals surface area contributed by atoms with Crippen LogP contribution in [0.5, 0.6) is 11.5 Å². The van der Waals surface area contributed by atoms with Gasteiger partial charge in [-0.2, -0.15) is 0 Å². The highest BCUT2D eigenvalue weighted by Crippen LogP contribution is 2.33. The number of benzene rings is 2. The number of methoxy groups -OCH3 is 2. The van der Waals surface area contributed by atoms with E-state index in [2.05, 4.69) is 17.2 Å². The summed E-state index contributed by atoms with van der Waals surface area (Å²) in [6.45, 7) is 2.09. The van der Waals surface area contributed by atoms with Crippen LogP contribution >= 0.6 is 11.3 Å². The van der Waals surface area contributed by atoms with Gasteiger partial charge in [0.2, 0.25) is 5.91 Å². The summed E-state index contributed by atoms with van der Waals surface area (Å²) in [6, 6.07) is 13.6. The summed E-state index contributed by atoms with van der Waals surface area (Å²) in [5.74, 6) is 1.25. The maximum absolute atomic E-state index is 12.3. The van der Waals surface area contributed by atoms with Crippen LogP contribution in [0.25, 0.3) is 10.6 Å². The van der Waals surface area contributed by atoms with Crippen molar-refractivity contribution in [2.24, 2.45) is 0 Å². The summed E-state index contributed by atoms with van der Waals surface area (Å²) in [6.07, 6.45) is 1.17. The minimum absolute atomic E-state index is 0.0765. The van der Waals surface area contributed by atoms with Crippen LogP contribution in [0.1, 0.15) is 18.2 Å². The van der Waals surface area contributed by atoms with Crippen molar-refractivity contribution >= 4 is 22.9 Å². The number of hydrogen-bond donors (Lipinski definition) is 1. The number of carbonyl (C=O) groups is 1. The molecule has 0 aliphatic rings. The molecule has 0 spiro atoms. The zero-order chi connectivity index (χ0) is 19.2. The van der Waals surface area contributed by atoms with Gasteiger partial charge in [-0.1, -0.05) is 19.1 Å². The summed E-state index contributed by atoms with van der Waals surface area (Å²) >= 11 is 1.50. The van der Waals surface area contributed by atoms with Gasteiger partial charge in [-0.3, -0.25) is 4.79 Å². The van der Waals surface area contributed by atoms with Crippen LogP contribution in [0.4, 0.5) is 5.69 Å². The molecule has 0 radical (unpaired) electrons. The van der Waals surface area contributed by atoms with E-state index in [-0.39, 0.29) is 12.3 Å². The maximum atomic E-state index is 12.3. The van der Waals surface area contributed by atoms with Gasteiger partial charge in [0.25, 0.3) is 0 Å². The predicted octanol–water partition coefficient (Wildman–Crippen LogP) is 4.57. The molecule has 0 aliphatic carbocycles. The Bertz CT molecular complexity index is 937. The lowest BCUT2D eigenvalue weighted by atomic mass is 10.1. The number of nitrogens with zero attached hydrogens (tertiary/aromatic N) is 1. The Kier molecular flexibility index (Phi) is 6.08. The Hall–Kier alpha value is -2.86. The standard InChI is InChI=1S/C21H22N2O3S/c1-4-14-6-5-7-16(10-14)22-20(24)12-17-13-27-21(23-17)15-8-9-18(25-2)19(11-15)26-3/h5-11,13H,4,12H2,1-3H3,(H,22,24). The highest BCUT2D eigenvalue weighted by molar-refractivity contribution is 7.13. The number of anilines is 1. The molecule has 1 amide bonds. The van der Waals surface area contributed by atoms with Crippen molar-refractivity contribution in [3.8, 4) is 22.1 Å². The van der Waals surface area contributed by atoms with Gasteiger partial charge in [-0.05, 0) is 42.3 Å². The Labute approximate surface area is 163 Å². The van der Waals surface area contributed by atoms with Crippen LogP contribution in [-0.4, -0.2) is 25.1 Å². The molecule has 0 fully saturated rings. The van der Waals surface area contributed by atoms with E-state index >= 15 is 0 Å². The fraction of sp³-hybridized carbons (Fsp3) is 0.238. The van der Waals surface area contributed by atoms with Crippen LogP contribution in [0.15, 0.2) is 47.8 Å². The third kappa shape index (κ3) is 4.65. The third-order valence-electron chi connectivity index (χ3n) is 4.14. The number of aromatic nitrogens is 1. The van der Waals surface area contributed by atoms with Crippen LogP contribution in [0.3, 0.4) is 0 Å². The second kappa shape index (κ2) is 8.68. The first-order valence-electron chi connectivity index (χ1n) is 8.68. The van der Waals surface area contributed by atoms with Crippen molar-refractivity contribution in [1.82, 2.24) is 4.98 Å². The topological polar surface area (TPSA) is 60.5 Å². The Morgan fingerprint density at radius 1 is 1.11 bits per heavy atom. The Morgan fingerprint density at radius 3 is 2.67 bits per heavy atom. The van der Waals surface area contributed by atoms with E-state index in [1.807, 2.05) is 47.8 Å². The van der Waals surface area contributed by atoms with E-state index in [0.717, 1.165) is 28.4 Å². The van der Waals surface area contributed by atoms with Crippen molar-refractivity contribution in [3.05, 3.63) is 59.1 Å². The minimum atomic E-state index is -0.0765. The number of ether oxygens (including phenoxy) is 2. The van der Waals surface area contributed by atoms with Gasteiger partial charge in [-0.25, -0.2) is 4.98 Å². The van der Waals surface area contributed by atoms with E-state index in [1.165, 1.54) is 16.9 Å². The fourth-order valence-electron chi connectivity index (χ4n) is 2.73. The first kappa shape index (κ1) is 18.9. The summed E-state index contributed by atoms with van der Waals surface area (Å²) in [5.41, 5.74) is 3.68. The molecule has 6 heteroatoms. The summed E-state index contributed by atoms with van der Waals surface area (Å²) < 4.78 is 10.6. The normalized spacial score (nSPS) is 10.5. The van der Waals surface area contributed by atoms with Gasteiger partial charge in [0.1, 0.15) is 5.01 Å². The van der Waals surface area contributed by atoms with Crippen molar-refractivity contribution in [3.63, 3.8) is 0 Å². The summed E-state index contributed by atoms with van der Waals surface area (Å²) in [5, 5.41) is 5.69. The zero-order valence-corrected chi connectivity index (χ0v) is 16.4. The van der Waals surface area contributed by atoms with Crippen LogP contribution < -0.4 is 14.8 Å². The zero-order valence-electron chi connectivity index (χ0n) is 15.6. The van der Waals surface area contributed by atoms with Gasteiger partial charge >= 0.3 is 0 Å². The Morgan fingerprint density at radius 2 is 1.93 bits per heavy atom. The van der Waals surface area contributed by atoms with Gasteiger partial charge in [0.05, 0.1) is 26.3 Å². The van der Waals surface area contributed by atoms with Crippen molar-refractivity contribution in [1.29, 1.82) is 0 Å². The number of rotatable bonds is 7. The maximum Gasteiger partial charge on any atom is 0.230 e. The molecule has 5 nitrogen and oxygen atoms in total. The first-order valence-corrected chi connectivity index (χ1v) is 9.56. The molecule has 1 aromatic heterocycles. The van der Waals surface area contributed by atoms with E-state index in [9.17, 15) is 4.79 Å². The number of carbonyl (C=O) groups excluding carboxylic acids is 1. The van der Waals surface area contributed by atoms with E-state index in [1.54, 1.807) is 14.2 Å². The molecule has 0 aliphatic heterocycles. The summed E-state index contributed by atoms with van der Waals surface area (Å²) in [7, 11) is 3.21. The number of thiazole rings is 1.